The van der Waals surface area contributed by atoms with E-state index in [0.29, 0.717) is 15.5 Å². The van der Waals surface area contributed by atoms with Gasteiger partial charge in [0.05, 0.1) is 0 Å². The molecule has 26 heavy (non-hydrogen) atoms. The summed E-state index contributed by atoms with van der Waals surface area (Å²) in [7, 11) is 0. The molecular weight excluding hydrogens is 439 g/mol. The first-order valence-corrected chi connectivity index (χ1v) is 10.0. The van der Waals surface area contributed by atoms with Gasteiger partial charge in [0.2, 0.25) is 5.95 Å². The highest BCUT2D eigenvalue weighted by Crippen LogP contribution is 2.25. The topological polar surface area (TPSA) is 59.8 Å². The predicted octanol–water partition coefficient (Wildman–Crippen LogP) is 4.93. The molecule has 6 heteroatoms. The third-order valence-corrected chi connectivity index (χ3v) is 5.54. The molecule has 0 fully saturated rings. The van der Waals surface area contributed by atoms with Crippen LogP contribution in [0.2, 0.25) is 0 Å². The van der Waals surface area contributed by atoms with Crippen molar-refractivity contribution in [1.29, 1.82) is 0 Å². The number of fused-ring (bicyclic) bond motifs is 1. The van der Waals surface area contributed by atoms with Gasteiger partial charge >= 0.3 is 0 Å². The summed E-state index contributed by atoms with van der Waals surface area (Å²) in [6, 6.07) is 9.64. The van der Waals surface area contributed by atoms with E-state index in [1.54, 1.807) is 22.9 Å². The number of pyridine rings is 1. The monoisotopic (exact) mass is 462 g/mol. The second kappa shape index (κ2) is 7.73. The summed E-state index contributed by atoms with van der Waals surface area (Å²) < 4.78 is 2.12. The van der Waals surface area contributed by atoms with E-state index in [9.17, 15) is 4.79 Å². The molecule has 2 aromatic heterocycles. The number of rotatable bonds is 5. The number of halogens is 1. The van der Waals surface area contributed by atoms with E-state index in [4.69, 9.17) is 0 Å². The zero-order valence-corrected chi connectivity index (χ0v) is 17.6. The van der Waals surface area contributed by atoms with E-state index in [1.165, 1.54) is 11.1 Å². The molecule has 0 amide bonds. The SMILES string of the molecule is CCC(C(C)I)n1c(=O)ccc2cnc(Nc3ccc(C)c(C)c3)nc21. The molecule has 2 unspecified atom stereocenters. The Morgan fingerprint density at radius 2 is 1.96 bits per heavy atom. The van der Waals surface area contributed by atoms with Gasteiger partial charge in [0.15, 0.2) is 0 Å². The zero-order valence-electron chi connectivity index (χ0n) is 15.5. The number of hydrogen-bond acceptors (Lipinski definition) is 4. The van der Waals surface area contributed by atoms with Crippen molar-refractivity contribution < 1.29 is 0 Å². The van der Waals surface area contributed by atoms with Crippen LogP contribution in [-0.2, 0) is 0 Å². The van der Waals surface area contributed by atoms with Gasteiger partial charge in [-0.1, -0.05) is 42.5 Å². The van der Waals surface area contributed by atoms with Crippen molar-refractivity contribution in [2.24, 2.45) is 0 Å². The van der Waals surface area contributed by atoms with E-state index in [2.05, 4.69) is 77.7 Å². The van der Waals surface area contributed by atoms with Crippen LogP contribution in [0.3, 0.4) is 0 Å². The molecule has 2 heterocycles. The summed E-state index contributed by atoms with van der Waals surface area (Å²) in [6.07, 6.45) is 2.64. The van der Waals surface area contributed by atoms with Crippen molar-refractivity contribution in [1.82, 2.24) is 14.5 Å². The van der Waals surface area contributed by atoms with Crippen LogP contribution in [0.1, 0.15) is 37.4 Å². The van der Waals surface area contributed by atoms with Crippen molar-refractivity contribution >= 4 is 45.3 Å². The Morgan fingerprint density at radius 3 is 2.62 bits per heavy atom. The molecule has 0 saturated heterocycles. The minimum atomic E-state index is -0.0244. The lowest BCUT2D eigenvalue weighted by molar-refractivity contribution is 0.490. The molecule has 0 saturated carbocycles. The number of aromatic nitrogens is 3. The Hall–Kier alpha value is -1.96. The number of benzene rings is 1. The number of alkyl halides is 1. The second-order valence-corrected chi connectivity index (χ2v) is 8.56. The fraction of sp³-hybridized carbons (Fsp3) is 0.350. The van der Waals surface area contributed by atoms with Gasteiger partial charge in [-0.3, -0.25) is 9.36 Å². The van der Waals surface area contributed by atoms with E-state index >= 15 is 0 Å². The van der Waals surface area contributed by atoms with Crippen molar-refractivity contribution in [3.63, 3.8) is 0 Å². The molecule has 0 aliphatic carbocycles. The van der Waals surface area contributed by atoms with Gasteiger partial charge in [0.1, 0.15) is 5.65 Å². The van der Waals surface area contributed by atoms with Gasteiger partial charge in [-0.05, 0) is 49.6 Å². The Morgan fingerprint density at radius 1 is 1.19 bits per heavy atom. The third-order valence-electron chi connectivity index (χ3n) is 4.71. The third kappa shape index (κ3) is 3.75. The lowest BCUT2D eigenvalue weighted by atomic mass is 10.1. The quantitative estimate of drug-likeness (QED) is 0.432. The Labute approximate surface area is 167 Å². The van der Waals surface area contributed by atoms with Crippen molar-refractivity contribution in [3.8, 4) is 0 Å². The first-order chi connectivity index (χ1) is 12.4. The molecular formula is C20H23IN4O. The van der Waals surface area contributed by atoms with Crippen LogP contribution in [0.15, 0.2) is 41.3 Å². The lowest BCUT2D eigenvalue weighted by Gasteiger charge is -2.22. The van der Waals surface area contributed by atoms with Crippen LogP contribution in [0.5, 0.6) is 0 Å². The van der Waals surface area contributed by atoms with Gasteiger partial charge in [-0.2, -0.15) is 4.98 Å². The largest absolute Gasteiger partial charge is 0.324 e. The maximum absolute atomic E-state index is 12.6. The molecule has 0 bridgehead atoms. The fourth-order valence-electron chi connectivity index (χ4n) is 3.08. The molecule has 3 rings (SSSR count). The van der Waals surface area contributed by atoms with Crippen molar-refractivity contribution in [3.05, 3.63) is 58.0 Å². The molecule has 0 radical (unpaired) electrons. The highest BCUT2D eigenvalue weighted by molar-refractivity contribution is 14.1. The molecule has 0 aliphatic rings. The first-order valence-electron chi connectivity index (χ1n) is 8.77. The van der Waals surface area contributed by atoms with Crippen molar-refractivity contribution in [2.45, 2.75) is 44.1 Å². The Bertz CT molecular complexity index is 997. The number of anilines is 2. The molecule has 5 nitrogen and oxygen atoms in total. The maximum atomic E-state index is 12.6. The smallest absolute Gasteiger partial charge is 0.252 e. The standard InChI is InChI=1S/C20H23IN4O/c1-5-17(14(4)21)25-18(26)9-7-15-11-22-20(24-19(15)25)23-16-8-6-12(2)13(3)10-16/h6-11,14,17H,5H2,1-4H3,(H,22,23,24). The lowest BCUT2D eigenvalue weighted by Crippen LogP contribution is -2.29. The van der Waals surface area contributed by atoms with Gasteiger partial charge < -0.3 is 5.32 Å². The average Bonchev–Trinajstić information content (AvgIpc) is 2.60. The highest BCUT2D eigenvalue weighted by atomic mass is 127. The van der Waals surface area contributed by atoms with Crippen LogP contribution in [0.25, 0.3) is 11.0 Å². The number of hydrogen-bond donors (Lipinski definition) is 1. The van der Waals surface area contributed by atoms with Gasteiger partial charge in [-0.15, -0.1) is 0 Å². The van der Waals surface area contributed by atoms with E-state index in [0.717, 1.165) is 17.5 Å². The van der Waals surface area contributed by atoms with E-state index in [1.807, 2.05) is 6.07 Å². The van der Waals surface area contributed by atoms with Crippen LogP contribution in [0.4, 0.5) is 11.6 Å². The minimum absolute atomic E-state index is 0.0244. The molecule has 2 atom stereocenters. The molecule has 1 aromatic carbocycles. The van der Waals surface area contributed by atoms with Gasteiger partial charge in [0, 0.05) is 33.3 Å². The van der Waals surface area contributed by atoms with E-state index < -0.39 is 0 Å². The second-order valence-electron chi connectivity index (χ2n) is 6.59. The number of nitrogens with zero attached hydrogens (tertiary/aromatic N) is 3. The summed E-state index contributed by atoms with van der Waals surface area (Å²) in [6.45, 7) is 8.38. The zero-order chi connectivity index (χ0) is 18.8. The normalized spacial score (nSPS) is 13.6. The van der Waals surface area contributed by atoms with E-state index in [-0.39, 0.29) is 11.6 Å². The molecule has 3 aromatic rings. The number of nitrogens with one attached hydrogen (secondary N) is 1. The summed E-state index contributed by atoms with van der Waals surface area (Å²) in [4.78, 5) is 21.7. The molecule has 0 spiro atoms. The Kier molecular flexibility index (Phi) is 5.60. The van der Waals surface area contributed by atoms with Gasteiger partial charge in [-0.25, -0.2) is 4.98 Å². The summed E-state index contributed by atoms with van der Waals surface area (Å²) in [5.74, 6) is 0.496. The van der Waals surface area contributed by atoms with Crippen LogP contribution in [-0.4, -0.2) is 18.5 Å². The predicted molar refractivity (Wildman–Crippen MR) is 116 cm³/mol. The first kappa shape index (κ1) is 18.8. The van der Waals surface area contributed by atoms with Crippen LogP contribution in [0, 0.1) is 13.8 Å². The average molecular weight is 462 g/mol. The van der Waals surface area contributed by atoms with Crippen LogP contribution < -0.4 is 10.9 Å². The highest BCUT2D eigenvalue weighted by Gasteiger charge is 2.19. The summed E-state index contributed by atoms with van der Waals surface area (Å²) in [5, 5.41) is 4.12. The summed E-state index contributed by atoms with van der Waals surface area (Å²) >= 11 is 2.37. The minimum Gasteiger partial charge on any atom is -0.324 e. The Balaban J connectivity index is 2.09. The van der Waals surface area contributed by atoms with Crippen LogP contribution >= 0.6 is 22.6 Å². The molecule has 0 aliphatic heterocycles. The summed E-state index contributed by atoms with van der Waals surface area (Å²) in [5.41, 5.74) is 4.03. The number of aryl methyl sites for hydroxylation is 2. The molecule has 136 valence electrons. The van der Waals surface area contributed by atoms with Crippen molar-refractivity contribution in [2.75, 3.05) is 5.32 Å². The van der Waals surface area contributed by atoms with Gasteiger partial charge in [0.25, 0.3) is 5.56 Å². The fourth-order valence-corrected chi connectivity index (χ4v) is 3.91. The maximum Gasteiger partial charge on any atom is 0.252 e. The molecule has 1 N–H and O–H groups in total.